The van der Waals surface area contributed by atoms with Gasteiger partial charge in [0.15, 0.2) is 5.78 Å². The van der Waals surface area contributed by atoms with Crippen molar-refractivity contribution in [1.82, 2.24) is 20.9 Å². The summed E-state index contributed by atoms with van der Waals surface area (Å²) in [5.41, 5.74) is 1.11. The van der Waals surface area contributed by atoms with E-state index in [1.807, 2.05) is 39.0 Å². The number of Topliss-reactive ketones (excluding diaryl/α,β-unsaturated/α-hetero) is 1. The van der Waals surface area contributed by atoms with Crippen LogP contribution in [-0.2, 0) is 14.3 Å². The molecule has 2 heterocycles. The molecule has 216 valence electrons. The summed E-state index contributed by atoms with van der Waals surface area (Å²) in [5.74, 6) is -1.24. The molecule has 11 nitrogen and oxygen atoms in total. The van der Waals surface area contributed by atoms with Gasteiger partial charge in [-0.2, -0.15) is 5.26 Å². The molecule has 1 aromatic carbocycles. The highest BCUT2D eigenvalue weighted by Gasteiger charge is 2.36. The number of methoxy groups -OCH3 is 1. The van der Waals surface area contributed by atoms with Crippen LogP contribution in [0.3, 0.4) is 0 Å². The van der Waals surface area contributed by atoms with Gasteiger partial charge in [0.25, 0.3) is 0 Å². The van der Waals surface area contributed by atoms with Crippen molar-refractivity contribution >= 4 is 34.6 Å². The number of nitrogens with one attached hydrogen (secondary N) is 4. The third-order valence-electron chi connectivity index (χ3n) is 6.98. The average molecular weight is 554 g/mol. The molecule has 4 atom stereocenters. The van der Waals surface area contributed by atoms with Gasteiger partial charge in [0.2, 0.25) is 17.9 Å². The quantitative estimate of drug-likeness (QED) is 0.260. The lowest BCUT2D eigenvalue weighted by molar-refractivity contribution is -0.128. The monoisotopic (exact) mass is 553 g/mol. The maximum Gasteiger partial charge on any atom is 0.408 e. The number of aromatic nitrogens is 1. The SMILES string of the molecule is CCCNC(=O)OC(C#N)C(CC1CCNC1=O)NC(=O)C(CC(=O)c1cc2c(OC)cccc2[nH]1)CC(C)C. The van der Waals surface area contributed by atoms with Gasteiger partial charge in [-0.1, -0.05) is 26.8 Å². The molecule has 1 fully saturated rings. The molecule has 1 aliphatic heterocycles. The number of carbonyl (C=O) groups is 4. The number of rotatable bonds is 14. The first-order valence-corrected chi connectivity index (χ1v) is 13.8. The number of nitriles is 1. The van der Waals surface area contributed by atoms with Crippen molar-refractivity contribution in [3.05, 3.63) is 30.0 Å². The summed E-state index contributed by atoms with van der Waals surface area (Å²) in [6.45, 7) is 6.67. The molecule has 40 heavy (non-hydrogen) atoms. The van der Waals surface area contributed by atoms with Gasteiger partial charge in [0.1, 0.15) is 11.8 Å². The van der Waals surface area contributed by atoms with Crippen LogP contribution in [-0.4, -0.2) is 61.0 Å². The number of ketones is 1. The Balaban J connectivity index is 1.80. The highest BCUT2D eigenvalue weighted by molar-refractivity contribution is 6.02. The Morgan fingerprint density at radius 3 is 2.65 bits per heavy atom. The molecule has 3 rings (SSSR count). The lowest BCUT2D eigenvalue weighted by atomic mass is 9.89. The molecule has 2 aromatic rings. The van der Waals surface area contributed by atoms with Gasteiger partial charge in [-0.25, -0.2) is 4.79 Å². The summed E-state index contributed by atoms with van der Waals surface area (Å²) in [7, 11) is 1.56. The van der Waals surface area contributed by atoms with Gasteiger partial charge >= 0.3 is 6.09 Å². The van der Waals surface area contributed by atoms with Crippen molar-refractivity contribution in [2.24, 2.45) is 17.8 Å². The molecular formula is C29H39N5O6. The molecule has 11 heteroatoms. The molecule has 1 saturated heterocycles. The Labute approximate surface area is 234 Å². The molecule has 0 aliphatic carbocycles. The summed E-state index contributed by atoms with van der Waals surface area (Å²) < 4.78 is 10.7. The molecule has 0 spiro atoms. The Kier molecular flexibility index (Phi) is 10.9. The number of carbonyl (C=O) groups excluding carboxylic acids is 4. The van der Waals surface area contributed by atoms with E-state index in [1.54, 1.807) is 19.2 Å². The number of H-pyrrole nitrogens is 1. The fraction of sp³-hybridized carbons (Fsp3) is 0.552. The highest BCUT2D eigenvalue weighted by atomic mass is 16.6. The number of fused-ring (bicyclic) bond motifs is 1. The first kappa shape index (κ1) is 30.5. The maximum absolute atomic E-state index is 13.6. The van der Waals surface area contributed by atoms with Crippen molar-refractivity contribution in [1.29, 1.82) is 5.26 Å². The fourth-order valence-electron chi connectivity index (χ4n) is 4.96. The summed E-state index contributed by atoms with van der Waals surface area (Å²) >= 11 is 0. The standard InChI is InChI=1S/C29H39N5O6/c1-5-10-32-29(38)40-26(16-30)23(13-18-9-11-31-27(18)36)34-28(37)19(12-17(2)3)14-24(35)22-15-20-21(33-22)7-6-8-25(20)39-4/h6-8,15,17-19,23,26,33H,5,9-14H2,1-4H3,(H,31,36)(H,32,38)(H,34,37). The Hall–Kier alpha value is -4.07. The van der Waals surface area contributed by atoms with Gasteiger partial charge in [-0.3, -0.25) is 14.4 Å². The molecule has 1 aliphatic rings. The van der Waals surface area contributed by atoms with Gasteiger partial charge in [0, 0.05) is 42.2 Å². The number of alkyl carbamates (subject to hydrolysis) is 1. The van der Waals surface area contributed by atoms with Crippen LogP contribution in [0.1, 0.15) is 63.4 Å². The largest absolute Gasteiger partial charge is 0.496 e. The lowest BCUT2D eigenvalue weighted by Crippen LogP contribution is -2.49. The minimum absolute atomic E-state index is 0.0646. The summed E-state index contributed by atoms with van der Waals surface area (Å²) in [5, 5.41) is 18.8. The summed E-state index contributed by atoms with van der Waals surface area (Å²) in [6, 6.07) is 8.22. The van der Waals surface area contributed by atoms with E-state index in [2.05, 4.69) is 20.9 Å². The van der Waals surface area contributed by atoms with E-state index in [-0.39, 0.29) is 30.4 Å². The van der Waals surface area contributed by atoms with Crippen LogP contribution >= 0.6 is 0 Å². The Morgan fingerprint density at radius 1 is 1.25 bits per heavy atom. The van der Waals surface area contributed by atoms with Crippen LogP contribution in [0.4, 0.5) is 4.79 Å². The zero-order valence-corrected chi connectivity index (χ0v) is 23.5. The fourth-order valence-corrected chi connectivity index (χ4v) is 4.96. The smallest absolute Gasteiger partial charge is 0.408 e. The van der Waals surface area contributed by atoms with Crippen LogP contribution in [0.25, 0.3) is 10.9 Å². The number of nitrogens with zero attached hydrogens (tertiary/aromatic N) is 1. The van der Waals surface area contributed by atoms with Gasteiger partial charge in [-0.05, 0) is 49.8 Å². The molecule has 4 unspecified atom stereocenters. The maximum atomic E-state index is 13.6. The molecule has 1 aromatic heterocycles. The molecule has 0 radical (unpaired) electrons. The molecule has 4 N–H and O–H groups in total. The van der Waals surface area contributed by atoms with E-state index in [0.29, 0.717) is 43.8 Å². The average Bonchev–Trinajstić information content (AvgIpc) is 3.55. The number of hydrogen-bond donors (Lipinski definition) is 4. The third kappa shape index (κ3) is 7.97. The topological polar surface area (TPSA) is 162 Å². The van der Waals surface area contributed by atoms with E-state index < -0.39 is 36.0 Å². The first-order chi connectivity index (χ1) is 19.2. The van der Waals surface area contributed by atoms with Gasteiger partial charge in [0.05, 0.1) is 18.8 Å². The molecule has 0 saturated carbocycles. The van der Waals surface area contributed by atoms with Crippen molar-refractivity contribution in [2.75, 3.05) is 20.2 Å². The van der Waals surface area contributed by atoms with E-state index in [4.69, 9.17) is 9.47 Å². The van der Waals surface area contributed by atoms with E-state index in [9.17, 15) is 24.4 Å². The molecule has 0 bridgehead atoms. The third-order valence-corrected chi connectivity index (χ3v) is 6.98. The predicted octanol–water partition coefficient (Wildman–Crippen LogP) is 3.45. The minimum Gasteiger partial charge on any atom is -0.496 e. The number of amides is 3. The van der Waals surface area contributed by atoms with Crippen LogP contribution in [0, 0.1) is 29.1 Å². The van der Waals surface area contributed by atoms with Crippen LogP contribution in [0.5, 0.6) is 5.75 Å². The van der Waals surface area contributed by atoms with Crippen molar-refractivity contribution in [3.8, 4) is 11.8 Å². The normalized spacial score (nSPS) is 17.0. The van der Waals surface area contributed by atoms with Crippen LogP contribution in [0.15, 0.2) is 24.3 Å². The van der Waals surface area contributed by atoms with Gasteiger partial charge < -0.3 is 30.4 Å². The van der Waals surface area contributed by atoms with E-state index in [1.165, 1.54) is 0 Å². The second-order valence-electron chi connectivity index (χ2n) is 10.6. The first-order valence-electron chi connectivity index (χ1n) is 13.8. The van der Waals surface area contributed by atoms with Crippen molar-refractivity contribution < 1.29 is 28.7 Å². The van der Waals surface area contributed by atoms with E-state index in [0.717, 1.165) is 10.9 Å². The summed E-state index contributed by atoms with van der Waals surface area (Å²) in [6.07, 6.45) is -0.373. The summed E-state index contributed by atoms with van der Waals surface area (Å²) in [4.78, 5) is 54.6. The number of benzene rings is 1. The van der Waals surface area contributed by atoms with E-state index >= 15 is 0 Å². The number of hydrogen-bond acceptors (Lipinski definition) is 7. The van der Waals surface area contributed by atoms with Gasteiger partial charge in [-0.15, -0.1) is 0 Å². The zero-order chi connectivity index (χ0) is 29.2. The molecular weight excluding hydrogens is 514 g/mol. The van der Waals surface area contributed by atoms with Crippen LogP contribution < -0.4 is 20.7 Å². The number of aromatic amines is 1. The lowest BCUT2D eigenvalue weighted by Gasteiger charge is -2.27. The van der Waals surface area contributed by atoms with Crippen molar-refractivity contribution in [3.63, 3.8) is 0 Å². The molecule has 3 amide bonds. The van der Waals surface area contributed by atoms with Crippen molar-refractivity contribution in [2.45, 2.75) is 65.0 Å². The van der Waals surface area contributed by atoms with Crippen LogP contribution in [0.2, 0.25) is 0 Å². The Morgan fingerprint density at radius 2 is 2.02 bits per heavy atom. The highest BCUT2D eigenvalue weighted by Crippen LogP contribution is 2.28. The second kappa shape index (κ2) is 14.4. The predicted molar refractivity (Wildman–Crippen MR) is 149 cm³/mol. The second-order valence-corrected chi connectivity index (χ2v) is 10.6. The zero-order valence-electron chi connectivity index (χ0n) is 23.5. The number of ether oxygens (including phenoxy) is 2. The minimum atomic E-state index is -1.31. The Bertz CT molecular complexity index is 1250.